The van der Waals surface area contributed by atoms with E-state index in [9.17, 15) is 9.50 Å². The van der Waals surface area contributed by atoms with Crippen LogP contribution >= 0.6 is 0 Å². The Labute approximate surface area is 228 Å². The zero-order valence-corrected chi connectivity index (χ0v) is 23.2. The minimum atomic E-state index is -0.496. The van der Waals surface area contributed by atoms with E-state index in [1.807, 2.05) is 0 Å². The van der Waals surface area contributed by atoms with E-state index in [0.29, 0.717) is 18.3 Å². The maximum Gasteiger partial charge on any atom is 0.158 e. The molecule has 3 aliphatic carbocycles. The van der Waals surface area contributed by atoms with Gasteiger partial charge in [-0.2, -0.15) is 0 Å². The molecule has 5 fully saturated rings. The summed E-state index contributed by atoms with van der Waals surface area (Å²) in [5.74, 6) is 7.23. The fraction of sp³-hybridized carbons (Fsp3) is 0.812. The first-order valence-corrected chi connectivity index (χ1v) is 15.3. The van der Waals surface area contributed by atoms with Gasteiger partial charge < -0.3 is 24.1 Å². The normalized spacial score (nSPS) is 36.8. The monoisotopic (exact) mass is 530 g/mol. The topological polar surface area (TPSA) is 57.2 Å². The molecule has 2 aliphatic heterocycles. The van der Waals surface area contributed by atoms with E-state index in [4.69, 9.17) is 18.9 Å². The van der Waals surface area contributed by atoms with Gasteiger partial charge in [-0.1, -0.05) is 25.5 Å². The van der Waals surface area contributed by atoms with E-state index in [1.165, 1.54) is 6.42 Å². The molecule has 0 aromatic rings. The Morgan fingerprint density at radius 3 is 2.47 bits per heavy atom. The van der Waals surface area contributed by atoms with Crippen LogP contribution in [0.3, 0.4) is 0 Å². The van der Waals surface area contributed by atoms with Gasteiger partial charge in [0.25, 0.3) is 0 Å². The molecule has 7 atom stereocenters. The van der Waals surface area contributed by atoms with E-state index in [0.717, 1.165) is 95.8 Å². The van der Waals surface area contributed by atoms with Crippen molar-refractivity contribution < 1.29 is 28.4 Å². The Hall–Kier alpha value is -1.23. The van der Waals surface area contributed by atoms with Gasteiger partial charge in [-0.05, 0) is 88.0 Å². The average Bonchev–Trinajstić information content (AvgIpc) is 3.47. The first kappa shape index (κ1) is 28.3. The molecule has 5 nitrogen and oxygen atoms in total. The predicted octanol–water partition coefficient (Wildman–Crippen LogP) is 6.60. The van der Waals surface area contributed by atoms with Crippen LogP contribution in [0, 0.1) is 35.0 Å². The molecule has 0 aromatic carbocycles. The summed E-state index contributed by atoms with van der Waals surface area (Å²) in [6, 6.07) is 0. The van der Waals surface area contributed by atoms with E-state index >= 15 is 0 Å². The van der Waals surface area contributed by atoms with E-state index in [-0.39, 0.29) is 41.9 Å². The van der Waals surface area contributed by atoms with Gasteiger partial charge in [0.15, 0.2) is 12.6 Å². The van der Waals surface area contributed by atoms with Crippen LogP contribution in [0.1, 0.15) is 96.8 Å². The van der Waals surface area contributed by atoms with Crippen molar-refractivity contribution in [2.75, 3.05) is 19.8 Å². The third-order valence-electron chi connectivity index (χ3n) is 9.68. The first-order valence-electron chi connectivity index (χ1n) is 15.3. The molecule has 5 rings (SSSR count). The summed E-state index contributed by atoms with van der Waals surface area (Å²) in [6.45, 7) is 3.13. The van der Waals surface area contributed by atoms with E-state index in [1.54, 1.807) is 0 Å². The lowest BCUT2D eigenvalue weighted by Crippen LogP contribution is -2.44. The van der Waals surface area contributed by atoms with Gasteiger partial charge in [-0.25, -0.2) is 4.39 Å². The number of hydrogen-bond donors (Lipinski definition) is 1. The van der Waals surface area contributed by atoms with Crippen LogP contribution < -0.4 is 0 Å². The zero-order valence-electron chi connectivity index (χ0n) is 23.2. The maximum atomic E-state index is 14.4. The number of aliphatic hydroxyl groups is 1. The van der Waals surface area contributed by atoms with Gasteiger partial charge in [-0.15, -0.1) is 11.8 Å². The number of halogens is 1. The molecule has 2 saturated heterocycles. The largest absolute Gasteiger partial charge is 0.389 e. The van der Waals surface area contributed by atoms with Gasteiger partial charge in [0.1, 0.15) is 5.83 Å². The van der Waals surface area contributed by atoms with Crippen LogP contribution in [-0.4, -0.2) is 49.7 Å². The SMILES string of the molecule is CCC#CCC1([C@@H](/C=C/[C@@H]2[C@H]3C/C(=C(\F)CO)C[C@H]3C[C@H]2OC2CCCCO2)OC2CCCCO2)CCC1. The van der Waals surface area contributed by atoms with Gasteiger partial charge >= 0.3 is 0 Å². The van der Waals surface area contributed by atoms with Crippen LogP contribution in [0.2, 0.25) is 0 Å². The number of ether oxygens (including phenoxy) is 4. The molecule has 38 heavy (non-hydrogen) atoms. The van der Waals surface area contributed by atoms with Crippen LogP contribution in [0.5, 0.6) is 0 Å². The number of fused-ring (bicyclic) bond motifs is 1. The molecular formula is C32H47FO5. The van der Waals surface area contributed by atoms with Crippen LogP contribution in [0.25, 0.3) is 0 Å². The summed E-state index contributed by atoms with van der Waals surface area (Å²) in [7, 11) is 0. The van der Waals surface area contributed by atoms with Crippen molar-refractivity contribution >= 4 is 0 Å². The Morgan fingerprint density at radius 1 is 1.08 bits per heavy atom. The Bertz CT molecular complexity index is 887. The molecule has 0 spiro atoms. The van der Waals surface area contributed by atoms with Crippen molar-refractivity contribution in [1.82, 2.24) is 0 Å². The highest BCUT2D eigenvalue weighted by Gasteiger charge is 2.49. The third kappa shape index (κ3) is 6.56. The minimum Gasteiger partial charge on any atom is -0.389 e. The quantitative estimate of drug-likeness (QED) is 0.269. The second-order valence-electron chi connectivity index (χ2n) is 12.1. The smallest absolute Gasteiger partial charge is 0.158 e. The lowest BCUT2D eigenvalue weighted by atomic mass is 9.63. The van der Waals surface area contributed by atoms with Crippen LogP contribution in [0.4, 0.5) is 4.39 Å². The lowest BCUT2D eigenvalue weighted by Gasteiger charge is -2.47. The molecule has 5 aliphatic rings. The van der Waals surface area contributed by atoms with Crippen molar-refractivity contribution in [1.29, 1.82) is 0 Å². The summed E-state index contributed by atoms with van der Waals surface area (Å²) in [5.41, 5.74) is 0.825. The molecule has 212 valence electrons. The van der Waals surface area contributed by atoms with Crippen molar-refractivity contribution in [3.05, 3.63) is 23.6 Å². The van der Waals surface area contributed by atoms with Crippen LogP contribution in [0.15, 0.2) is 23.6 Å². The minimum absolute atomic E-state index is 0.0318. The van der Waals surface area contributed by atoms with Crippen molar-refractivity contribution in [2.24, 2.45) is 23.2 Å². The maximum absolute atomic E-state index is 14.4. The first-order chi connectivity index (χ1) is 18.6. The molecule has 3 saturated carbocycles. The standard InChI is InChI=1S/C32H47FO5/c1-2-3-6-14-32(15-9-16-32)29(38-31-11-5-8-18-36-31)13-12-25-26-20-24(27(33)22-34)19-23(26)21-28(25)37-30-10-4-7-17-35-30/h12-13,23,25-26,28-31,34H,2,4-5,7-11,14-22H2,1H3/b13-12+,27-24-/t23-,25+,26-,28+,29+,30?,31?/m0/s1. The number of allylic oxidation sites excluding steroid dienone is 1. The van der Waals surface area contributed by atoms with Gasteiger partial charge in [0, 0.05) is 37.4 Å². The second-order valence-corrected chi connectivity index (χ2v) is 12.1. The molecular weight excluding hydrogens is 483 g/mol. The van der Waals surface area contributed by atoms with Gasteiger partial charge in [0.05, 0.1) is 18.8 Å². The summed E-state index contributed by atoms with van der Waals surface area (Å²) in [5, 5.41) is 9.41. The Kier molecular flexibility index (Phi) is 9.99. The molecule has 1 N–H and O–H groups in total. The fourth-order valence-electron chi connectivity index (χ4n) is 7.36. The zero-order chi connectivity index (χ0) is 26.4. The fourth-order valence-corrected chi connectivity index (χ4v) is 7.36. The molecule has 2 heterocycles. The summed E-state index contributed by atoms with van der Waals surface area (Å²) in [4.78, 5) is 0. The number of rotatable bonds is 9. The van der Waals surface area contributed by atoms with Crippen molar-refractivity contribution in [2.45, 2.75) is 122 Å². The Balaban J connectivity index is 1.37. The highest BCUT2D eigenvalue weighted by molar-refractivity contribution is 5.21. The summed E-state index contributed by atoms with van der Waals surface area (Å²) >= 11 is 0. The highest BCUT2D eigenvalue weighted by Crippen LogP contribution is 2.53. The molecule has 0 amide bonds. The average molecular weight is 531 g/mol. The van der Waals surface area contributed by atoms with Crippen molar-refractivity contribution in [3.8, 4) is 11.8 Å². The van der Waals surface area contributed by atoms with Crippen LogP contribution in [-0.2, 0) is 18.9 Å². The summed E-state index contributed by atoms with van der Waals surface area (Å²) in [6.07, 6.45) is 18.2. The Morgan fingerprint density at radius 2 is 1.84 bits per heavy atom. The lowest BCUT2D eigenvalue weighted by molar-refractivity contribution is -0.209. The molecule has 0 bridgehead atoms. The van der Waals surface area contributed by atoms with E-state index < -0.39 is 6.61 Å². The summed E-state index contributed by atoms with van der Waals surface area (Å²) < 4.78 is 39.6. The molecule has 6 heteroatoms. The number of aliphatic hydroxyl groups excluding tert-OH is 1. The molecule has 2 unspecified atom stereocenters. The van der Waals surface area contributed by atoms with Gasteiger partial charge in [-0.3, -0.25) is 0 Å². The second kappa shape index (κ2) is 13.4. The molecule has 0 aromatic heterocycles. The van der Waals surface area contributed by atoms with Crippen molar-refractivity contribution in [3.63, 3.8) is 0 Å². The van der Waals surface area contributed by atoms with Gasteiger partial charge in [0.2, 0.25) is 0 Å². The third-order valence-corrected chi connectivity index (χ3v) is 9.68. The predicted molar refractivity (Wildman–Crippen MR) is 145 cm³/mol. The highest BCUT2D eigenvalue weighted by atomic mass is 19.1. The van der Waals surface area contributed by atoms with E-state index in [2.05, 4.69) is 30.9 Å². The molecule has 0 radical (unpaired) electrons. The number of hydrogen-bond acceptors (Lipinski definition) is 5.